The number of carbonyl (C=O) groups is 1. The van der Waals surface area contributed by atoms with Crippen molar-refractivity contribution in [3.05, 3.63) is 112 Å². The third kappa shape index (κ3) is 4.85. The Bertz CT molecular complexity index is 1300. The van der Waals surface area contributed by atoms with Gasteiger partial charge in [0.25, 0.3) is 0 Å². The van der Waals surface area contributed by atoms with E-state index in [9.17, 15) is 19.4 Å². The number of halogens is 2. The number of hydrogen-bond acceptors (Lipinski definition) is 5. The molecule has 3 aromatic carbocycles. The normalized spacial score (nSPS) is 10.8. The second-order valence-electron chi connectivity index (χ2n) is 7.62. The Hall–Kier alpha value is -4.33. The van der Waals surface area contributed by atoms with Crippen molar-refractivity contribution in [2.24, 2.45) is 0 Å². The second kappa shape index (κ2) is 9.66. The van der Waals surface area contributed by atoms with Crippen molar-refractivity contribution in [2.75, 3.05) is 7.11 Å². The van der Waals surface area contributed by atoms with Crippen LogP contribution in [0.1, 0.15) is 32.6 Å². The molecular weight excluding hydrogens is 444 g/mol. The summed E-state index contributed by atoms with van der Waals surface area (Å²) in [5.74, 6) is -2.24. The van der Waals surface area contributed by atoms with Gasteiger partial charge in [-0.05, 0) is 47.0 Å². The van der Waals surface area contributed by atoms with E-state index in [1.54, 1.807) is 43.5 Å². The van der Waals surface area contributed by atoms with Gasteiger partial charge < -0.3 is 19.8 Å². The number of ether oxygens (including phenoxy) is 1. The van der Waals surface area contributed by atoms with Crippen LogP contribution in [0.25, 0.3) is 0 Å². The number of aromatic nitrogens is 1. The molecular formula is C26H21F2NO5. The highest BCUT2D eigenvalue weighted by atomic mass is 19.1. The van der Waals surface area contributed by atoms with E-state index < -0.39 is 29.4 Å². The average Bonchev–Trinajstić information content (AvgIpc) is 3.16. The molecule has 4 aromatic rings. The Morgan fingerprint density at radius 1 is 0.824 bits per heavy atom. The summed E-state index contributed by atoms with van der Waals surface area (Å²) in [6.07, 6.45) is 0.287. The van der Waals surface area contributed by atoms with Gasteiger partial charge in [0.2, 0.25) is 11.8 Å². The van der Waals surface area contributed by atoms with Crippen LogP contribution < -0.4 is 9.57 Å². The molecule has 0 saturated heterocycles. The lowest BCUT2D eigenvalue weighted by atomic mass is 9.97. The van der Waals surface area contributed by atoms with Crippen LogP contribution in [-0.2, 0) is 12.8 Å². The highest BCUT2D eigenvalue weighted by Gasteiger charge is 2.17. The molecule has 8 heteroatoms. The van der Waals surface area contributed by atoms with Crippen LogP contribution in [0.2, 0.25) is 0 Å². The zero-order valence-corrected chi connectivity index (χ0v) is 18.2. The molecule has 0 bridgehead atoms. The van der Waals surface area contributed by atoms with E-state index in [0.717, 1.165) is 5.56 Å². The van der Waals surface area contributed by atoms with E-state index in [1.165, 1.54) is 36.4 Å². The number of aromatic hydroxyl groups is 2. The van der Waals surface area contributed by atoms with E-state index in [1.807, 2.05) is 0 Å². The molecule has 0 spiro atoms. The van der Waals surface area contributed by atoms with Gasteiger partial charge in [0.1, 0.15) is 17.4 Å². The van der Waals surface area contributed by atoms with E-state index in [4.69, 9.17) is 9.57 Å². The first kappa shape index (κ1) is 22.8. The van der Waals surface area contributed by atoms with Gasteiger partial charge >= 0.3 is 5.97 Å². The summed E-state index contributed by atoms with van der Waals surface area (Å²) in [5, 5.41) is 19.2. The molecule has 0 radical (unpaired) electrons. The molecule has 1 heterocycles. The monoisotopic (exact) mass is 465 g/mol. The summed E-state index contributed by atoms with van der Waals surface area (Å²) >= 11 is 0. The first-order valence-electron chi connectivity index (χ1n) is 10.4. The van der Waals surface area contributed by atoms with Crippen LogP contribution in [0.3, 0.4) is 0 Å². The van der Waals surface area contributed by atoms with Gasteiger partial charge in [-0.1, -0.05) is 30.3 Å². The lowest BCUT2D eigenvalue weighted by Gasteiger charge is -2.11. The summed E-state index contributed by atoms with van der Waals surface area (Å²) in [6.45, 7) is 0. The van der Waals surface area contributed by atoms with Gasteiger partial charge in [0.05, 0.1) is 12.7 Å². The van der Waals surface area contributed by atoms with Crippen LogP contribution >= 0.6 is 0 Å². The molecule has 0 saturated carbocycles. The Kier molecular flexibility index (Phi) is 6.49. The van der Waals surface area contributed by atoms with Crippen LogP contribution in [0.4, 0.5) is 8.78 Å². The van der Waals surface area contributed by atoms with Gasteiger partial charge in [0.15, 0.2) is 0 Å². The Labute approximate surface area is 194 Å². The highest BCUT2D eigenvalue weighted by molar-refractivity contribution is 5.89. The largest absolute Gasteiger partial charge is 0.497 e. The Morgan fingerprint density at radius 3 is 2.03 bits per heavy atom. The molecule has 174 valence electrons. The minimum absolute atomic E-state index is 0.0193. The number of hydrogen-bond donors (Lipinski definition) is 2. The number of nitrogens with zero attached hydrogens (tertiary/aromatic N) is 1. The van der Waals surface area contributed by atoms with Crippen molar-refractivity contribution in [3.8, 4) is 17.5 Å². The molecule has 0 aliphatic carbocycles. The molecule has 34 heavy (non-hydrogen) atoms. The maximum Gasteiger partial charge on any atom is 0.363 e. The van der Waals surface area contributed by atoms with Gasteiger partial charge in [-0.25, -0.2) is 13.6 Å². The molecule has 0 aliphatic rings. The number of benzene rings is 3. The topological polar surface area (TPSA) is 80.9 Å². The summed E-state index contributed by atoms with van der Waals surface area (Å²) < 4.78 is 35.3. The van der Waals surface area contributed by atoms with E-state index in [2.05, 4.69) is 0 Å². The van der Waals surface area contributed by atoms with Crippen LogP contribution in [0.15, 0.2) is 72.8 Å². The van der Waals surface area contributed by atoms with Crippen molar-refractivity contribution >= 4 is 5.97 Å². The van der Waals surface area contributed by atoms with Crippen molar-refractivity contribution in [3.63, 3.8) is 0 Å². The number of rotatable bonds is 7. The predicted octanol–water partition coefficient (Wildman–Crippen LogP) is 4.64. The molecule has 0 unspecified atom stereocenters. The smallest absolute Gasteiger partial charge is 0.363 e. The number of methoxy groups -OCH3 is 1. The maximum atomic E-state index is 15.2. The van der Waals surface area contributed by atoms with E-state index >= 15 is 4.39 Å². The van der Waals surface area contributed by atoms with Gasteiger partial charge in [0, 0.05) is 30.5 Å². The Balaban J connectivity index is 1.49. The fourth-order valence-corrected chi connectivity index (χ4v) is 3.50. The zero-order valence-electron chi connectivity index (χ0n) is 18.2. The standard InChI is InChI=1S/C26H21F2NO5/c1-33-20-9-4-17(5-10-20)15-21-22(27)11-8-19(25(21)28)14-16-2-6-18(7-3-16)26(32)34-29-23(30)12-13-24(29)31/h2-13,30-31H,14-15H2,1H3. The molecule has 0 amide bonds. The molecule has 4 rings (SSSR count). The summed E-state index contributed by atoms with van der Waals surface area (Å²) in [6, 6.07) is 18.2. The summed E-state index contributed by atoms with van der Waals surface area (Å²) in [4.78, 5) is 17.2. The van der Waals surface area contributed by atoms with Crippen LogP contribution in [0.5, 0.6) is 17.5 Å². The summed E-state index contributed by atoms with van der Waals surface area (Å²) in [7, 11) is 1.55. The van der Waals surface area contributed by atoms with Crippen molar-refractivity contribution in [1.29, 1.82) is 0 Å². The maximum absolute atomic E-state index is 15.2. The van der Waals surface area contributed by atoms with E-state index in [-0.39, 0.29) is 24.0 Å². The fraction of sp³-hybridized carbons (Fsp3) is 0.115. The number of carbonyl (C=O) groups excluding carboxylic acids is 1. The SMILES string of the molecule is COc1ccc(Cc2c(F)ccc(Cc3ccc(C(=O)On4c(O)ccc4O)cc3)c2F)cc1. The average molecular weight is 465 g/mol. The summed E-state index contributed by atoms with van der Waals surface area (Å²) in [5.41, 5.74) is 1.91. The predicted molar refractivity (Wildman–Crippen MR) is 120 cm³/mol. The van der Waals surface area contributed by atoms with Gasteiger partial charge in [-0.3, -0.25) is 0 Å². The fourth-order valence-electron chi connectivity index (χ4n) is 3.50. The first-order valence-corrected chi connectivity index (χ1v) is 10.4. The quantitative estimate of drug-likeness (QED) is 0.416. The highest BCUT2D eigenvalue weighted by Crippen LogP contribution is 2.24. The van der Waals surface area contributed by atoms with Crippen LogP contribution in [-0.4, -0.2) is 28.0 Å². The van der Waals surface area contributed by atoms with Gasteiger partial charge in [-0.15, -0.1) is 4.73 Å². The molecule has 1 aromatic heterocycles. The molecule has 2 N–H and O–H groups in total. The van der Waals surface area contributed by atoms with Crippen molar-refractivity contribution in [1.82, 2.24) is 4.73 Å². The second-order valence-corrected chi connectivity index (χ2v) is 7.62. The third-order valence-electron chi connectivity index (χ3n) is 5.36. The minimum Gasteiger partial charge on any atom is -0.497 e. The van der Waals surface area contributed by atoms with Crippen molar-refractivity contribution < 1.29 is 33.4 Å². The van der Waals surface area contributed by atoms with Crippen molar-refractivity contribution in [2.45, 2.75) is 12.8 Å². The first-order chi connectivity index (χ1) is 16.4. The lowest BCUT2D eigenvalue weighted by molar-refractivity contribution is 0.0381. The molecule has 0 fully saturated rings. The molecule has 0 aliphatic heterocycles. The lowest BCUT2D eigenvalue weighted by Crippen LogP contribution is -2.19. The van der Waals surface area contributed by atoms with Gasteiger partial charge in [-0.2, -0.15) is 0 Å². The third-order valence-corrected chi connectivity index (χ3v) is 5.36. The minimum atomic E-state index is -0.803. The Morgan fingerprint density at radius 2 is 1.41 bits per heavy atom. The van der Waals surface area contributed by atoms with Crippen LogP contribution in [0, 0.1) is 11.6 Å². The zero-order chi connectivity index (χ0) is 24.2. The molecule has 0 atom stereocenters. The molecule has 6 nitrogen and oxygen atoms in total. The van der Waals surface area contributed by atoms with E-state index in [0.29, 0.717) is 21.6 Å².